The summed E-state index contributed by atoms with van der Waals surface area (Å²) < 4.78 is 0. The van der Waals surface area contributed by atoms with Crippen molar-refractivity contribution in [1.82, 2.24) is 9.80 Å². The van der Waals surface area contributed by atoms with Gasteiger partial charge in [-0.3, -0.25) is 14.9 Å². The van der Waals surface area contributed by atoms with Crippen LogP contribution in [0.5, 0.6) is 0 Å². The minimum absolute atomic E-state index is 0.0153. The van der Waals surface area contributed by atoms with Crippen LogP contribution in [0.4, 0.5) is 5.69 Å². The predicted molar refractivity (Wildman–Crippen MR) is 80.5 cm³/mol. The van der Waals surface area contributed by atoms with E-state index in [1.54, 1.807) is 6.07 Å². The van der Waals surface area contributed by atoms with E-state index in [1.165, 1.54) is 12.1 Å². The van der Waals surface area contributed by atoms with Crippen LogP contribution in [0, 0.1) is 10.1 Å². The number of carbonyl (C=O) groups excluding carboxylic acids is 1. The molecule has 2 rings (SSSR count). The van der Waals surface area contributed by atoms with Crippen LogP contribution in [-0.2, 0) is 11.2 Å². The van der Waals surface area contributed by atoms with E-state index in [0.717, 1.165) is 32.7 Å². The predicted octanol–water partition coefficient (Wildman–Crippen LogP) is 1.95. The average molecular weight is 312 g/mol. The van der Waals surface area contributed by atoms with E-state index in [0.29, 0.717) is 5.56 Å². The summed E-state index contributed by atoms with van der Waals surface area (Å²) in [4.78, 5) is 26.5. The fraction of sp³-hybridized carbons (Fsp3) is 0.500. The van der Waals surface area contributed by atoms with E-state index < -0.39 is 4.92 Å². The topological polar surface area (TPSA) is 66.7 Å². The first-order valence-electron chi connectivity index (χ1n) is 6.94. The van der Waals surface area contributed by atoms with Gasteiger partial charge in [-0.05, 0) is 12.1 Å². The van der Waals surface area contributed by atoms with E-state index in [1.807, 2.05) is 4.90 Å². The summed E-state index contributed by atoms with van der Waals surface area (Å²) in [5.41, 5.74) is 0.568. The maximum absolute atomic E-state index is 12.2. The molecular formula is C14H18ClN3O3. The maximum atomic E-state index is 12.2. The molecule has 1 saturated heterocycles. The third kappa shape index (κ3) is 3.92. The number of likely N-dealkylation sites (N-methyl/N-ethyl adjacent to an activating group) is 1. The normalized spacial score (nSPS) is 16.0. The highest BCUT2D eigenvalue weighted by Crippen LogP contribution is 2.23. The van der Waals surface area contributed by atoms with Gasteiger partial charge in [0, 0.05) is 38.3 Å². The Bertz CT molecular complexity index is 542. The minimum atomic E-state index is -0.499. The molecule has 0 spiro atoms. The molecule has 6 nitrogen and oxygen atoms in total. The molecule has 0 aliphatic carbocycles. The van der Waals surface area contributed by atoms with Crippen LogP contribution < -0.4 is 0 Å². The number of nitro groups is 1. The lowest BCUT2D eigenvalue weighted by Gasteiger charge is -2.34. The standard InChI is InChI=1S/C14H18ClN3O3/c1-2-16-5-7-17(8-6-16)14(19)9-11-3-4-12(18(20)21)10-13(11)15/h3-4,10H,2,5-9H2,1H3. The molecule has 0 unspecified atom stereocenters. The Hall–Kier alpha value is -1.66. The molecule has 0 saturated carbocycles. The second-order valence-electron chi connectivity index (χ2n) is 5.02. The Kier molecular flexibility index (Phi) is 5.14. The molecule has 1 aromatic carbocycles. The van der Waals surface area contributed by atoms with Gasteiger partial charge in [0.05, 0.1) is 16.4 Å². The van der Waals surface area contributed by atoms with Crippen molar-refractivity contribution < 1.29 is 9.72 Å². The number of nitrogens with zero attached hydrogens (tertiary/aromatic N) is 3. The second-order valence-corrected chi connectivity index (χ2v) is 5.43. The highest BCUT2D eigenvalue weighted by molar-refractivity contribution is 6.31. The summed E-state index contributed by atoms with van der Waals surface area (Å²) in [6.45, 7) is 6.31. The lowest BCUT2D eigenvalue weighted by atomic mass is 10.1. The van der Waals surface area contributed by atoms with Gasteiger partial charge in [0.25, 0.3) is 5.69 Å². The number of amides is 1. The number of hydrogen-bond donors (Lipinski definition) is 0. The van der Waals surface area contributed by atoms with Crippen molar-refractivity contribution in [2.45, 2.75) is 13.3 Å². The number of non-ortho nitro benzene ring substituents is 1. The van der Waals surface area contributed by atoms with Crippen LogP contribution in [0.1, 0.15) is 12.5 Å². The monoisotopic (exact) mass is 311 g/mol. The van der Waals surface area contributed by atoms with Crippen LogP contribution in [0.2, 0.25) is 5.02 Å². The third-order valence-electron chi connectivity index (χ3n) is 3.76. The van der Waals surface area contributed by atoms with Crippen molar-refractivity contribution in [3.8, 4) is 0 Å². The maximum Gasteiger partial charge on any atom is 0.270 e. The van der Waals surface area contributed by atoms with Gasteiger partial charge in [0.1, 0.15) is 0 Å². The van der Waals surface area contributed by atoms with E-state index in [-0.39, 0.29) is 23.0 Å². The number of hydrogen-bond acceptors (Lipinski definition) is 4. The number of halogens is 1. The lowest BCUT2D eigenvalue weighted by Crippen LogP contribution is -2.48. The van der Waals surface area contributed by atoms with Crippen molar-refractivity contribution in [3.63, 3.8) is 0 Å². The van der Waals surface area contributed by atoms with E-state index in [2.05, 4.69) is 11.8 Å². The van der Waals surface area contributed by atoms with Gasteiger partial charge >= 0.3 is 0 Å². The molecule has 1 aliphatic rings. The Morgan fingerprint density at radius 3 is 2.52 bits per heavy atom. The van der Waals surface area contributed by atoms with Gasteiger partial charge in [-0.2, -0.15) is 0 Å². The van der Waals surface area contributed by atoms with Gasteiger partial charge in [0.15, 0.2) is 0 Å². The summed E-state index contributed by atoms with van der Waals surface area (Å²) >= 11 is 6.02. The molecule has 1 fully saturated rings. The van der Waals surface area contributed by atoms with E-state index in [9.17, 15) is 14.9 Å². The molecule has 0 aromatic heterocycles. The SMILES string of the molecule is CCN1CCN(C(=O)Cc2ccc([N+](=O)[O-])cc2Cl)CC1. The van der Waals surface area contributed by atoms with Crippen molar-refractivity contribution in [2.75, 3.05) is 32.7 Å². The van der Waals surface area contributed by atoms with Crippen molar-refractivity contribution in [2.24, 2.45) is 0 Å². The smallest absolute Gasteiger partial charge is 0.270 e. The largest absolute Gasteiger partial charge is 0.340 e. The Morgan fingerprint density at radius 2 is 2.00 bits per heavy atom. The van der Waals surface area contributed by atoms with Crippen LogP contribution in [-0.4, -0.2) is 53.4 Å². The molecule has 0 radical (unpaired) electrons. The molecule has 21 heavy (non-hydrogen) atoms. The van der Waals surface area contributed by atoms with Crippen LogP contribution in [0.15, 0.2) is 18.2 Å². The quantitative estimate of drug-likeness (QED) is 0.629. The zero-order valence-electron chi connectivity index (χ0n) is 11.9. The lowest BCUT2D eigenvalue weighted by molar-refractivity contribution is -0.384. The summed E-state index contributed by atoms with van der Waals surface area (Å²) in [6, 6.07) is 4.23. The van der Waals surface area contributed by atoms with Gasteiger partial charge in [-0.25, -0.2) is 0 Å². The van der Waals surface area contributed by atoms with E-state index in [4.69, 9.17) is 11.6 Å². The zero-order valence-corrected chi connectivity index (χ0v) is 12.7. The summed E-state index contributed by atoms with van der Waals surface area (Å²) in [5, 5.41) is 10.9. The van der Waals surface area contributed by atoms with E-state index >= 15 is 0 Å². The first-order chi connectivity index (χ1) is 10.0. The molecule has 0 N–H and O–H groups in total. The van der Waals surface area contributed by atoms with Crippen LogP contribution in [0.25, 0.3) is 0 Å². The highest BCUT2D eigenvalue weighted by Gasteiger charge is 2.21. The van der Waals surface area contributed by atoms with Crippen molar-refractivity contribution in [1.29, 1.82) is 0 Å². The number of benzene rings is 1. The molecule has 1 amide bonds. The molecule has 0 atom stereocenters. The van der Waals surface area contributed by atoms with Crippen LogP contribution >= 0.6 is 11.6 Å². The number of carbonyl (C=O) groups is 1. The van der Waals surface area contributed by atoms with Gasteiger partial charge in [-0.15, -0.1) is 0 Å². The third-order valence-corrected chi connectivity index (χ3v) is 4.11. The first kappa shape index (κ1) is 15.7. The molecule has 7 heteroatoms. The Balaban J connectivity index is 1.98. The summed E-state index contributed by atoms with van der Waals surface area (Å²) in [7, 11) is 0. The fourth-order valence-electron chi connectivity index (χ4n) is 2.38. The molecule has 1 heterocycles. The molecule has 0 bridgehead atoms. The molecule has 114 valence electrons. The van der Waals surface area contributed by atoms with Gasteiger partial charge < -0.3 is 9.80 Å². The summed E-state index contributed by atoms with van der Waals surface area (Å²) in [5.74, 6) is 0.0153. The van der Waals surface area contributed by atoms with Crippen LogP contribution in [0.3, 0.4) is 0 Å². The molecule has 1 aromatic rings. The summed E-state index contributed by atoms with van der Waals surface area (Å²) in [6.07, 6.45) is 0.183. The fourth-order valence-corrected chi connectivity index (χ4v) is 2.62. The average Bonchev–Trinajstić information content (AvgIpc) is 2.49. The first-order valence-corrected chi connectivity index (χ1v) is 7.32. The Labute approximate surface area is 128 Å². The Morgan fingerprint density at radius 1 is 1.33 bits per heavy atom. The number of piperazine rings is 1. The highest BCUT2D eigenvalue weighted by atomic mass is 35.5. The van der Waals surface area contributed by atoms with Gasteiger partial charge in [-0.1, -0.05) is 24.6 Å². The number of nitro benzene ring substituents is 1. The van der Waals surface area contributed by atoms with Gasteiger partial charge in [0.2, 0.25) is 5.91 Å². The zero-order chi connectivity index (χ0) is 15.4. The molecular weight excluding hydrogens is 294 g/mol. The second kappa shape index (κ2) is 6.87. The van der Waals surface area contributed by atoms with Crippen molar-refractivity contribution in [3.05, 3.63) is 38.9 Å². The number of rotatable bonds is 4. The molecule has 1 aliphatic heterocycles. The van der Waals surface area contributed by atoms with Crippen molar-refractivity contribution >= 4 is 23.2 Å². The minimum Gasteiger partial charge on any atom is -0.340 e.